The number of hydrogen-bond donors (Lipinski definition) is 1. The van der Waals surface area contributed by atoms with Gasteiger partial charge < -0.3 is 4.98 Å². The first kappa shape index (κ1) is 12.6. The Labute approximate surface area is 102 Å². The molecule has 0 aliphatic carbocycles. The average Bonchev–Trinajstić information content (AvgIpc) is 2.68. The third-order valence-electron chi connectivity index (χ3n) is 3.07. The number of aromatic nitrogens is 2. The van der Waals surface area contributed by atoms with E-state index in [2.05, 4.69) is 14.9 Å². The summed E-state index contributed by atoms with van der Waals surface area (Å²) in [5.74, 6) is 1.53. The third-order valence-corrected chi connectivity index (χ3v) is 4.15. The van der Waals surface area contributed by atoms with Gasteiger partial charge in [-0.25, -0.2) is 13.4 Å². The Kier molecular flexibility index (Phi) is 3.83. The maximum atomic E-state index is 11.3. The normalized spacial score (nSPS) is 22.8. The van der Waals surface area contributed by atoms with Crippen LogP contribution in [-0.2, 0) is 16.4 Å². The molecule has 1 aliphatic rings. The van der Waals surface area contributed by atoms with E-state index in [0.29, 0.717) is 5.75 Å². The fourth-order valence-electron chi connectivity index (χ4n) is 2.46. The molecule has 0 saturated carbocycles. The Morgan fingerprint density at radius 1 is 1.59 bits per heavy atom. The molecule has 17 heavy (non-hydrogen) atoms. The molecule has 0 amide bonds. The summed E-state index contributed by atoms with van der Waals surface area (Å²) in [7, 11) is -2.86. The van der Waals surface area contributed by atoms with Crippen molar-refractivity contribution in [2.24, 2.45) is 5.92 Å². The van der Waals surface area contributed by atoms with Crippen molar-refractivity contribution in [3.05, 3.63) is 18.2 Å². The summed E-state index contributed by atoms with van der Waals surface area (Å²) in [5, 5.41) is 0. The number of nitrogens with zero attached hydrogens (tertiary/aromatic N) is 2. The molecule has 1 saturated heterocycles. The van der Waals surface area contributed by atoms with Crippen molar-refractivity contribution < 1.29 is 8.42 Å². The van der Waals surface area contributed by atoms with Crippen molar-refractivity contribution in [3.63, 3.8) is 0 Å². The van der Waals surface area contributed by atoms with Crippen molar-refractivity contribution in [2.75, 3.05) is 25.1 Å². The minimum absolute atomic E-state index is 0.272. The van der Waals surface area contributed by atoms with Gasteiger partial charge in [-0.1, -0.05) is 0 Å². The van der Waals surface area contributed by atoms with Crippen molar-refractivity contribution >= 4 is 9.84 Å². The first-order chi connectivity index (χ1) is 8.03. The van der Waals surface area contributed by atoms with Crippen molar-refractivity contribution in [3.8, 4) is 0 Å². The predicted molar refractivity (Wildman–Crippen MR) is 66.3 cm³/mol. The van der Waals surface area contributed by atoms with Crippen LogP contribution in [0.15, 0.2) is 12.4 Å². The molecule has 96 valence electrons. The van der Waals surface area contributed by atoms with E-state index in [1.54, 1.807) is 6.20 Å². The van der Waals surface area contributed by atoms with E-state index >= 15 is 0 Å². The molecular weight excluding hydrogens is 238 g/mol. The SMILES string of the molecule is CS(=O)(=O)C[C@@H]1CCCN(Cc2ncc[nH]2)C1. The molecule has 1 aromatic heterocycles. The molecule has 1 aromatic rings. The largest absolute Gasteiger partial charge is 0.348 e. The molecule has 0 unspecified atom stereocenters. The van der Waals surface area contributed by atoms with E-state index in [9.17, 15) is 8.42 Å². The molecule has 1 N–H and O–H groups in total. The molecule has 0 spiro atoms. The fraction of sp³-hybridized carbons (Fsp3) is 0.727. The van der Waals surface area contributed by atoms with Crippen LogP contribution in [0.4, 0.5) is 0 Å². The van der Waals surface area contributed by atoms with Gasteiger partial charge in [0.15, 0.2) is 0 Å². The standard InChI is InChI=1S/C11H19N3O2S/c1-17(15,16)9-10-3-2-6-14(7-10)8-11-12-4-5-13-11/h4-5,10H,2-3,6-9H2,1H3,(H,12,13)/t10-/m1/s1. The van der Waals surface area contributed by atoms with Gasteiger partial charge in [0, 0.05) is 25.2 Å². The number of likely N-dealkylation sites (tertiary alicyclic amines) is 1. The summed E-state index contributed by atoms with van der Waals surface area (Å²) in [4.78, 5) is 9.55. The van der Waals surface area contributed by atoms with Crippen molar-refractivity contribution in [2.45, 2.75) is 19.4 Å². The monoisotopic (exact) mass is 257 g/mol. The first-order valence-corrected chi connectivity index (χ1v) is 7.97. The average molecular weight is 257 g/mol. The lowest BCUT2D eigenvalue weighted by molar-refractivity contribution is 0.174. The molecule has 0 radical (unpaired) electrons. The van der Waals surface area contributed by atoms with Crippen LogP contribution < -0.4 is 0 Å². The van der Waals surface area contributed by atoms with E-state index in [0.717, 1.165) is 38.3 Å². The molecule has 1 aliphatic heterocycles. The molecule has 0 bridgehead atoms. The predicted octanol–water partition coefficient (Wildman–Crippen LogP) is 0.666. The summed E-state index contributed by atoms with van der Waals surface area (Å²) >= 11 is 0. The molecule has 2 rings (SSSR count). The number of aromatic amines is 1. The van der Waals surface area contributed by atoms with Gasteiger partial charge in [-0.2, -0.15) is 0 Å². The lowest BCUT2D eigenvalue weighted by Gasteiger charge is -2.31. The highest BCUT2D eigenvalue weighted by Crippen LogP contribution is 2.19. The molecule has 0 aromatic carbocycles. The van der Waals surface area contributed by atoms with Crippen LogP contribution in [-0.4, -0.2) is 48.4 Å². The Balaban J connectivity index is 1.89. The van der Waals surface area contributed by atoms with E-state index in [1.165, 1.54) is 6.26 Å². The highest BCUT2D eigenvalue weighted by atomic mass is 32.2. The zero-order valence-electron chi connectivity index (χ0n) is 10.1. The summed E-state index contributed by atoms with van der Waals surface area (Å²) < 4.78 is 22.6. The quantitative estimate of drug-likeness (QED) is 0.861. The van der Waals surface area contributed by atoms with Crippen LogP contribution in [0, 0.1) is 5.92 Å². The highest BCUT2D eigenvalue weighted by Gasteiger charge is 2.23. The number of rotatable bonds is 4. The summed E-state index contributed by atoms with van der Waals surface area (Å²) in [6, 6.07) is 0. The van der Waals surface area contributed by atoms with Crippen LogP contribution >= 0.6 is 0 Å². The lowest BCUT2D eigenvalue weighted by atomic mass is 10.0. The van der Waals surface area contributed by atoms with Gasteiger partial charge in [-0.05, 0) is 25.3 Å². The van der Waals surface area contributed by atoms with Crippen molar-refractivity contribution in [1.29, 1.82) is 0 Å². The second-order valence-electron chi connectivity index (χ2n) is 4.87. The van der Waals surface area contributed by atoms with E-state index < -0.39 is 9.84 Å². The highest BCUT2D eigenvalue weighted by molar-refractivity contribution is 7.90. The number of piperidine rings is 1. The summed E-state index contributed by atoms with van der Waals surface area (Å²) in [6.07, 6.45) is 6.96. The Morgan fingerprint density at radius 3 is 3.06 bits per heavy atom. The Hall–Kier alpha value is -0.880. The van der Waals surface area contributed by atoms with Gasteiger partial charge in [0.2, 0.25) is 0 Å². The van der Waals surface area contributed by atoms with Gasteiger partial charge >= 0.3 is 0 Å². The molecule has 5 nitrogen and oxygen atoms in total. The smallest absolute Gasteiger partial charge is 0.147 e. The van der Waals surface area contributed by atoms with Gasteiger partial charge in [0.25, 0.3) is 0 Å². The van der Waals surface area contributed by atoms with Crippen LogP contribution in [0.5, 0.6) is 0 Å². The van der Waals surface area contributed by atoms with Gasteiger partial charge in [-0.15, -0.1) is 0 Å². The second-order valence-corrected chi connectivity index (χ2v) is 7.06. The molecule has 1 fully saturated rings. The van der Waals surface area contributed by atoms with Gasteiger partial charge in [-0.3, -0.25) is 4.90 Å². The Bertz CT molecular complexity index is 441. The maximum Gasteiger partial charge on any atom is 0.147 e. The van der Waals surface area contributed by atoms with Crippen molar-refractivity contribution in [1.82, 2.24) is 14.9 Å². The number of sulfone groups is 1. The number of nitrogens with one attached hydrogen (secondary N) is 1. The van der Waals surface area contributed by atoms with Gasteiger partial charge in [0.1, 0.15) is 15.7 Å². The molecular formula is C11H19N3O2S. The zero-order chi connectivity index (χ0) is 12.3. The van der Waals surface area contributed by atoms with E-state index in [-0.39, 0.29) is 5.92 Å². The number of hydrogen-bond acceptors (Lipinski definition) is 4. The summed E-state index contributed by atoms with van der Waals surface area (Å²) in [6.45, 7) is 2.67. The number of H-pyrrole nitrogens is 1. The fourth-order valence-corrected chi connectivity index (χ4v) is 3.58. The number of imidazole rings is 1. The third kappa shape index (κ3) is 4.12. The van der Waals surface area contributed by atoms with E-state index in [1.807, 2.05) is 6.20 Å². The Morgan fingerprint density at radius 2 is 2.41 bits per heavy atom. The second kappa shape index (κ2) is 5.18. The summed E-state index contributed by atoms with van der Waals surface area (Å²) in [5.41, 5.74) is 0. The maximum absolute atomic E-state index is 11.3. The van der Waals surface area contributed by atoms with Crippen LogP contribution in [0.2, 0.25) is 0 Å². The van der Waals surface area contributed by atoms with Crippen LogP contribution in [0.25, 0.3) is 0 Å². The minimum atomic E-state index is -2.86. The lowest BCUT2D eigenvalue weighted by Crippen LogP contribution is -2.37. The first-order valence-electron chi connectivity index (χ1n) is 5.91. The molecule has 6 heteroatoms. The van der Waals surface area contributed by atoms with Crippen LogP contribution in [0.3, 0.4) is 0 Å². The minimum Gasteiger partial charge on any atom is -0.348 e. The van der Waals surface area contributed by atoms with Crippen LogP contribution in [0.1, 0.15) is 18.7 Å². The topological polar surface area (TPSA) is 66.1 Å². The van der Waals surface area contributed by atoms with Gasteiger partial charge in [0.05, 0.1) is 12.3 Å². The molecule has 1 atom stereocenters. The van der Waals surface area contributed by atoms with E-state index in [4.69, 9.17) is 0 Å². The zero-order valence-corrected chi connectivity index (χ0v) is 10.9. The molecule has 2 heterocycles.